The van der Waals surface area contributed by atoms with Gasteiger partial charge in [-0.15, -0.1) is 11.3 Å². The van der Waals surface area contributed by atoms with Gasteiger partial charge in [0.1, 0.15) is 0 Å². The van der Waals surface area contributed by atoms with Gasteiger partial charge in [0.15, 0.2) is 5.96 Å². The molecule has 21 heavy (non-hydrogen) atoms. The molecule has 0 radical (unpaired) electrons. The van der Waals surface area contributed by atoms with Crippen LogP contribution in [-0.2, 0) is 6.42 Å². The smallest absolute Gasteiger partial charge is 0.190 e. The van der Waals surface area contributed by atoms with Gasteiger partial charge in [-0.3, -0.25) is 4.99 Å². The largest absolute Gasteiger partial charge is 0.356 e. The molecule has 0 amide bonds. The van der Waals surface area contributed by atoms with E-state index in [9.17, 15) is 0 Å². The molecule has 0 aliphatic heterocycles. The fourth-order valence-corrected chi connectivity index (χ4v) is 3.37. The predicted molar refractivity (Wildman–Crippen MR) is 91.1 cm³/mol. The minimum atomic E-state index is 0.734. The van der Waals surface area contributed by atoms with Crippen LogP contribution in [0.1, 0.15) is 34.8 Å². The van der Waals surface area contributed by atoms with Gasteiger partial charge in [0.05, 0.1) is 10.7 Å². The zero-order valence-corrected chi connectivity index (χ0v) is 14.1. The Kier molecular flexibility index (Phi) is 6.23. The molecule has 0 spiro atoms. The fourth-order valence-electron chi connectivity index (χ4n) is 2.44. The molecule has 1 aromatic heterocycles. The molecule has 116 valence electrons. The summed E-state index contributed by atoms with van der Waals surface area (Å²) in [5.41, 5.74) is 1.16. The summed E-state index contributed by atoms with van der Waals surface area (Å²) in [6, 6.07) is 0. The first-order valence-electron chi connectivity index (χ1n) is 7.71. The Hall–Kier alpha value is -1.36. The van der Waals surface area contributed by atoms with Crippen molar-refractivity contribution in [3.63, 3.8) is 0 Å². The molecule has 1 atom stereocenters. The minimum absolute atomic E-state index is 0.734. The van der Waals surface area contributed by atoms with Gasteiger partial charge in [-0.25, -0.2) is 4.98 Å². The quantitative estimate of drug-likeness (QED) is 0.499. The molecular formula is C16H26N4S. The van der Waals surface area contributed by atoms with E-state index in [1.807, 2.05) is 7.05 Å². The molecule has 1 heterocycles. The first kappa shape index (κ1) is 16.0. The molecule has 4 nitrogen and oxygen atoms in total. The van der Waals surface area contributed by atoms with Crippen LogP contribution in [-0.4, -0.2) is 31.1 Å². The molecule has 2 N–H and O–H groups in total. The van der Waals surface area contributed by atoms with Crippen LogP contribution in [0.5, 0.6) is 0 Å². The molecule has 0 bridgehead atoms. The maximum atomic E-state index is 4.56. The summed E-state index contributed by atoms with van der Waals surface area (Å²) in [5, 5.41) is 8.00. The number of rotatable bonds is 5. The molecule has 0 saturated heterocycles. The van der Waals surface area contributed by atoms with Crippen molar-refractivity contribution in [3.05, 3.63) is 27.7 Å². The van der Waals surface area contributed by atoms with E-state index in [0.29, 0.717) is 0 Å². The van der Waals surface area contributed by atoms with Crippen molar-refractivity contribution in [2.24, 2.45) is 10.9 Å². The number of hydrogen-bond acceptors (Lipinski definition) is 3. The molecule has 5 heteroatoms. The van der Waals surface area contributed by atoms with Crippen LogP contribution >= 0.6 is 11.3 Å². The first-order valence-corrected chi connectivity index (χ1v) is 8.53. The Morgan fingerprint density at radius 3 is 2.86 bits per heavy atom. The summed E-state index contributed by atoms with van der Waals surface area (Å²) >= 11 is 1.79. The number of hydrogen-bond donors (Lipinski definition) is 2. The average Bonchev–Trinajstić information content (AvgIpc) is 2.82. The van der Waals surface area contributed by atoms with Gasteiger partial charge in [0.25, 0.3) is 0 Å². The van der Waals surface area contributed by atoms with Crippen molar-refractivity contribution in [2.45, 2.75) is 39.5 Å². The normalized spacial score (nSPS) is 18.8. The maximum absolute atomic E-state index is 4.56. The van der Waals surface area contributed by atoms with Gasteiger partial charge in [-0.2, -0.15) is 0 Å². The highest BCUT2D eigenvalue weighted by molar-refractivity contribution is 7.11. The van der Waals surface area contributed by atoms with Gasteiger partial charge in [-0.1, -0.05) is 12.2 Å². The van der Waals surface area contributed by atoms with Gasteiger partial charge in [0, 0.05) is 31.4 Å². The Balaban J connectivity index is 1.69. The lowest BCUT2D eigenvalue weighted by Gasteiger charge is -2.19. The van der Waals surface area contributed by atoms with Crippen molar-refractivity contribution in [2.75, 3.05) is 20.1 Å². The van der Waals surface area contributed by atoms with Crippen LogP contribution in [0.2, 0.25) is 0 Å². The molecule has 1 aromatic rings. The molecular weight excluding hydrogens is 280 g/mol. The number of aliphatic imine (C=N–C) groups is 1. The molecule has 1 aliphatic rings. The van der Waals surface area contributed by atoms with Crippen molar-refractivity contribution >= 4 is 17.3 Å². The van der Waals surface area contributed by atoms with Gasteiger partial charge in [0.2, 0.25) is 0 Å². The third kappa shape index (κ3) is 5.16. The summed E-state index contributed by atoms with van der Waals surface area (Å²) in [6.45, 7) is 6.07. The average molecular weight is 306 g/mol. The number of guanidine groups is 1. The zero-order valence-electron chi connectivity index (χ0n) is 13.3. The Morgan fingerprint density at radius 2 is 2.24 bits per heavy atom. The van der Waals surface area contributed by atoms with Gasteiger partial charge < -0.3 is 10.6 Å². The number of aromatic nitrogens is 1. The van der Waals surface area contributed by atoms with Crippen LogP contribution in [0.4, 0.5) is 0 Å². The molecule has 2 rings (SSSR count). The van der Waals surface area contributed by atoms with E-state index in [1.165, 1.54) is 29.1 Å². The topological polar surface area (TPSA) is 49.3 Å². The lowest BCUT2D eigenvalue weighted by molar-refractivity contribution is 0.470. The van der Waals surface area contributed by atoms with Crippen LogP contribution in [0.25, 0.3) is 0 Å². The molecule has 0 saturated carbocycles. The summed E-state index contributed by atoms with van der Waals surface area (Å²) in [6.07, 6.45) is 9.19. The summed E-state index contributed by atoms with van der Waals surface area (Å²) < 4.78 is 0. The van der Waals surface area contributed by atoms with Gasteiger partial charge in [-0.05, 0) is 39.0 Å². The van der Waals surface area contributed by atoms with E-state index in [0.717, 1.165) is 37.1 Å². The molecule has 1 unspecified atom stereocenters. The van der Waals surface area contributed by atoms with Crippen LogP contribution in [0, 0.1) is 19.8 Å². The van der Waals surface area contributed by atoms with Crippen molar-refractivity contribution in [3.8, 4) is 0 Å². The maximum Gasteiger partial charge on any atom is 0.190 e. The van der Waals surface area contributed by atoms with Crippen molar-refractivity contribution in [1.29, 1.82) is 0 Å². The Bertz CT molecular complexity index is 485. The van der Waals surface area contributed by atoms with Crippen LogP contribution in [0.3, 0.4) is 0 Å². The Labute approximate surface area is 131 Å². The van der Waals surface area contributed by atoms with E-state index in [2.05, 4.69) is 46.6 Å². The second-order valence-electron chi connectivity index (χ2n) is 5.53. The second-order valence-corrected chi connectivity index (χ2v) is 6.82. The Morgan fingerprint density at radius 1 is 1.38 bits per heavy atom. The number of thiazole rings is 1. The van der Waals surface area contributed by atoms with Crippen LogP contribution in [0.15, 0.2) is 17.1 Å². The van der Waals surface area contributed by atoms with Crippen LogP contribution < -0.4 is 10.6 Å². The highest BCUT2D eigenvalue weighted by Crippen LogP contribution is 2.17. The third-order valence-electron chi connectivity index (χ3n) is 3.86. The van der Waals surface area contributed by atoms with E-state index in [4.69, 9.17) is 0 Å². The fraction of sp³-hybridized carbons (Fsp3) is 0.625. The summed E-state index contributed by atoms with van der Waals surface area (Å²) in [5.74, 6) is 1.63. The zero-order chi connectivity index (χ0) is 15.1. The lowest BCUT2D eigenvalue weighted by atomic mass is 9.94. The highest BCUT2D eigenvalue weighted by atomic mass is 32.1. The van der Waals surface area contributed by atoms with E-state index in [-0.39, 0.29) is 0 Å². The summed E-state index contributed by atoms with van der Waals surface area (Å²) in [7, 11) is 1.83. The number of allylic oxidation sites excluding steroid dienone is 2. The molecule has 0 fully saturated rings. The first-order chi connectivity index (χ1) is 10.2. The minimum Gasteiger partial charge on any atom is -0.356 e. The highest BCUT2D eigenvalue weighted by Gasteiger charge is 2.10. The second kappa shape index (κ2) is 8.17. The van der Waals surface area contributed by atoms with Crippen molar-refractivity contribution in [1.82, 2.24) is 15.6 Å². The number of nitrogens with one attached hydrogen (secondary N) is 2. The molecule has 0 aromatic carbocycles. The predicted octanol–water partition coefficient (Wildman–Crippen LogP) is 2.82. The van der Waals surface area contributed by atoms with E-state index < -0.39 is 0 Å². The number of aryl methyl sites for hydroxylation is 2. The SMILES string of the molecule is CN=C(NCCc1nc(C)c(C)s1)NCC1CC=CCC1. The summed E-state index contributed by atoms with van der Waals surface area (Å²) in [4.78, 5) is 10.2. The third-order valence-corrected chi connectivity index (χ3v) is 5.00. The standard InChI is InChI=1S/C16H26N4S/c1-12-13(2)21-15(20-12)9-10-18-16(17-3)19-11-14-7-5-4-6-8-14/h4-5,14H,6-11H2,1-3H3,(H2,17,18,19). The van der Waals surface area contributed by atoms with Gasteiger partial charge >= 0.3 is 0 Å². The molecule has 1 aliphatic carbocycles. The van der Waals surface area contributed by atoms with Crippen molar-refractivity contribution < 1.29 is 0 Å². The van der Waals surface area contributed by atoms with E-state index >= 15 is 0 Å². The number of nitrogens with zero attached hydrogens (tertiary/aromatic N) is 2. The monoisotopic (exact) mass is 306 g/mol. The van der Waals surface area contributed by atoms with E-state index in [1.54, 1.807) is 11.3 Å². The lowest BCUT2D eigenvalue weighted by Crippen LogP contribution is -2.40.